The Morgan fingerprint density at radius 3 is 2.33 bits per heavy atom. The molecule has 0 bridgehead atoms. The number of anilines is 2. The first-order chi connectivity index (χ1) is 8.43. The Kier molecular flexibility index (Phi) is 5.29. The molecule has 0 radical (unpaired) electrons. The molecule has 0 saturated heterocycles. The quantitative estimate of drug-likeness (QED) is 0.738. The molecule has 1 rings (SSSR count). The molecule has 0 saturated carbocycles. The van der Waals surface area contributed by atoms with Crippen molar-refractivity contribution in [2.24, 2.45) is 0 Å². The maximum absolute atomic E-state index is 11.3. The molecule has 18 heavy (non-hydrogen) atoms. The fourth-order valence-electron chi connectivity index (χ4n) is 1.12. The van der Waals surface area contributed by atoms with Crippen LogP contribution in [0.1, 0.15) is 6.92 Å². The monoisotopic (exact) mass is 273 g/mol. The van der Waals surface area contributed by atoms with E-state index in [9.17, 15) is 8.42 Å². The average molecular weight is 273 g/mol. The van der Waals surface area contributed by atoms with Crippen molar-refractivity contribution in [3.05, 3.63) is 12.1 Å². The molecule has 0 aliphatic carbocycles. The highest BCUT2D eigenvalue weighted by atomic mass is 32.2. The Balaban J connectivity index is 2.52. The fraction of sp³-hybridized carbons (Fsp3) is 0.600. The van der Waals surface area contributed by atoms with Crippen molar-refractivity contribution in [1.29, 1.82) is 0 Å². The summed E-state index contributed by atoms with van der Waals surface area (Å²) in [5, 5.41) is 10.8. The van der Waals surface area contributed by atoms with Crippen molar-refractivity contribution in [2.75, 3.05) is 43.0 Å². The molecule has 2 N–H and O–H groups in total. The van der Waals surface area contributed by atoms with E-state index in [1.165, 1.54) is 0 Å². The summed E-state index contributed by atoms with van der Waals surface area (Å²) in [6.45, 7) is 3.19. The summed E-state index contributed by atoms with van der Waals surface area (Å²) < 4.78 is 24.9. The normalized spacial score (nSPS) is 11.6. The Morgan fingerprint density at radius 1 is 1.22 bits per heavy atom. The largest absolute Gasteiger partial charge is 0.367 e. The van der Waals surface area contributed by atoms with Gasteiger partial charge in [0, 0.05) is 13.1 Å². The van der Waals surface area contributed by atoms with Crippen LogP contribution in [-0.4, -0.2) is 56.5 Å². The molecule has 1 heterocycles. The Bertz CT molecular complexity index is 458. The number of nitrogens with zero attached hydrogens (tertiary/aromatic N) is 3. The van der Waals surface area contributed by atoms with Gasteiger partial charge in [0.1, 0.15) is 5.82 Å². The highest BCUT2D eigenvalue weighted by Crippen LogP contribution is 2.07. The molecular weight excluding hydrogens is 254 g/mol. The van der Waals surface area contributed by atoms with E-state index in [4.69, 9.17) is 0 Å². The third kappa shape index (κ3) is 5.28. The molecule has 0 unspecified atom stereocenters. The van der Waals surface area contributed by atoms with Gasteiger partial charge in [0.2, 0.25) is 10.0 Å². The van der Waals surface area contributed by atoms with E-state index < -0.39 is 10.0 Å². The number of nitrogens with one attached hydrogen (secondary N) is 2. The maximum Gasteiger partial charge on any atom is 0.233 e. The van der Waals surface area contributed by atoms with Crippen LogP contribution in [0.5, 0.6) is 0 Å². The summed E-state index contributed by atoms with van der Waals surface area (Å²) in [6, 6.07) is 3.27. The minimum Gasteiger partial charge on any atom is -0.367 e. The Labute approximate surface area is 108 Å². The van der Waals surface area contributed by atoms with Gasteiger partial charge in [-0.3, -0.25) is 4.72 Å². The zero-order chi connectivity index (χ0) is 13.6. The van der Waals surface area contributed by atoms with Gasteiger partial charge < -0.3 is 10.2 Å². The molecule has 8 heteroatoms. The van der Waals surface area contributed by atoms with Crippen molar-refractivity contribution in [1.82, 2.24) is 15.1 Å². The van der Waals surface area contributed by atoms with Crippen LogP contribution in [0.4, 0.5) is 11.6 Å². The molecule has 7 nitrogen and oxygen atoms in total. The number of sulfonamides is 1. The second-order valence-corrected chi connectivity index (χ2v) is 6.05. The van der Waals surface area contributed by atoms with Gasteiger partial charge in [0.05, 0.1) is 5.75 Å². The number of hydrogen-bond donors (Lipinski definition) is 2. The summed E-state index contributed by atoms with van der Waals surface area (Å²) >= 11 is 0. The Morgan fingerprint density at radius 2 is 1.83 bits per heavy atom. The summed E-state index contributed by atoms with van der Waals surface area (Å²) in [7, 11) is 0.671. The zero-order valence-corrected chi connectivity index (χ0v) is 11.7. The lowest BCUT2D eigenvalue weighted by Crippen LogP contribution is -2.21. The molecule has 1 aromatic heterocycles. The second kappa shape index (κ2) is 6.50. The van der Waals surface area contributed by atoms with Gasteiger partial charge in [-0.25, -0.2) is 8.42 Å². The van der Waals surface area contributed by atoms with Crippen LogP contribution in [0.25, 0.3) is 0 Å². The molecule has 0 aromatic carbocycles. The first-order valence-electron chi connectivity index (χ1n) is 5.66. The van der Waals surface area contributed by atoms with Gasteiger partial charge in [-0.05, 0) is 33.2 Å². The molecule has 102 valence electrons. The van der Waals surface area contributed by atoms with E-state index in [0.717, 1.165) is 13.1 Å². The van der Waals surface area contributed by atoms with Crippen LogP contribution in [-0.2, 0) is 10.0 Å². The van der Waals surface area contributed by atoms with E-state index in [1.54, 1.807) is 19.1 Å². The first kappa shape index (κ1) is 14.7. The maximum atomic E-state index is 11.3. The number of hydrogen-bond acceptors (Lipinski definition) is 6. The predicted molar refractivity (Wildman–Crippen MR) is 72.2 cm³/mol. The Hall–Kier alpha value is -1.41. The van der Waals surface area contributed by atoms with Crippen LogP contribution in [0.2, 0.25) is 0 Å². The van der Waals surface area contributed by atoms with E-state index in [-0.39, 0.29) is 11.6 Å². The summed E-state index contributed by atoms with van der Waals surface area (Å²) in [5.41, 5.74) is 0. The number of likely N-dealkylation sites (N-methyl/N-ethyl adjacent to an activating group) is 1. The van der Waals surface area contributed by atoms with Gasteiger partial charge in [-0.15, -0.1) is 10.2 Å². The lowest BCUT2D eigenvalue weighted by molar-refractivity contribution is 0.425. The highest BCUT2D eigenvalue weighted by Gasteiger charge is 2.07. The molecule has 0 atom stereocenters. The van der Waals surface area contributed by atoms with Crippen LogP contribution < -0.4 is 10.0 Å². The minimum absolute atomic E-state index is 0.0114. The van der Waals surface area contributed by atoms with Crippen LogP contribution >= 0.6 is 0 Å². The molecule has 1 aromatic rings. The summed E-state index contributed by atoms with van der Waals surface area (Å²) in [6.07, 6.45) is 0. The lowest BCUT2D eigenvalue weighted by atomic mass is 10.5. The van der Waals surface area contributed by atoms with Crippen molar-refractivity contribution in [3.8, 4) is 0 Å². The minimum atomic E-state index is -3.29. The van der Waals surface area contributed by atoms with Gasteiger partial charge in [0.25, 0.3) is 0 Å². The smallest absolute Gasteiger partial charge is 0.233 e. The topological polar surface area (TPSA) is 87.2 Å². The van der Waals surface area contributed by atoms with Gasteiger partial charge >= 0.3 is 0 Å². The van der Waals surface area contributed by atoms with E-state index >= 15 is 0 Å². The van der Waals surface area contributed by atoms with E-state index in [1.807, 2.05) is 19.0 Å². The van der Waals surface area contributed by atoms with Crippen molar-refractivity contribution in [3.63, 3.8) is 0 Å². The average Bonchev–Trinajstić information content (AvgIpc) is 2.31. The molecule has 0 amide bonds. The molecule has 0 fully saturated rings. The first-order valence-corrected chi connectivity index (χ1v) is 7.31. The predicted octanol–water partition coefficient (Wildman–Crippen LogP) is 0.212. The standard InChI is InChI=1S/C10H19N5O2S/c1-4-18(16,17)14-10-6-5-9(12-13-10)11-7-8-15(2)3/h5-6H,4,7-8H2,1-3H3,(H,11,12)(H,13,14). The summed E-state index contributed by atoms with van der Waals surface area (Å²) in [4.78, 5) is 2.05. The lowest BCUT2D eigenvalue weighted by Gasteiger charge is -2.10. The number of rotatable bonds is 7. The zero-order valence-electron chi connectivity index (χ0n) is 10.8. The van der Waals surface area contributed by atoms with Gasteiger partial charge in [0.15, 0.2) is 5.82 Å². The van der Waals surface area contributed by atoms with Crippen molar-refractivity contribution >= 4 is 21.7 Å². The SMILES string of the molecule is CCS(=O)(=O)Nc1ccc(NCCN(C)C)nn1. The van der Waals surface area contributed by atoms with Crippen LogP contribution in [0, 0.1) is 0 Å². The summed E-state index contributed by atoms with van der Waals surface area (Å²) in [5.74, 6) is 0.864. The van der Waals surface area contributed by atoms with Crippen LogP contribution in [0.3, 0.4) is 0 Å². The van der Waals surface area contributed by atoms with E-state index in [2.05, 4.69) is 20.2 Å². The third-order valence-electron chi connectivity index (χ3n) is 2.17. The van der Waals surface area contributed by atoms with Crippen LogP contribution in [0.15, 0.2) is 12.1 Å². The molecule has 0 aliphatic rings. The molecular formula is C10H19N5O2S. The molecule has 0 spiro atoms. The van der Waals surface area contributed by atoms with Crippen molar-refractivity contribution in [2.45, 2.75) is 6.92 Å². The number of aromatic nitrogens is 2. The fourth-order valence-corrected chi connectivity index (χ4v) is 1.69. The van der Waals surface area contributed by atoms with Gasteiger partial charge in [-0.1, -0.05) is 0 Å². The molecule has 0 aliphatic heterocycles. The van der Waals surface area contributed by atoms with Gasteiger partial charge in [-0.2, -0.15) is 0 Å². The second-order valence-electron chi connectivity index (χ2n) is 4.04. The third-order valence-corrected chi connectivity index (χ3v) is 3.45. The highest BCUT2D eigenvalue weighted by molar-refractivity contribution is 7.92. The van der Waals surface area contributed by atoms with Crippen molar-refractivity contribution < 1.29 is 8.42 Å². The van der Waals surface area contributed by atoms with E-state index in [0.29, 0.717) is 5.82 Å².